The Bertz CT molecular complexity index is 391. The Labute approximate surface area is 122 Å². The van der Waals surface area contributed by atoms with Gasteiger partial charge in [0, 0.05) is 17.0 Å². The quantitative estimate of drug-likeness (QED) is 0.856. The molecule has 1 aromatic rings. The zero-order valence-electron chi connectivity index (χ0n) is 12.5. The smallest absolute Gasteiger partial charge is 0.0207 e. The number of nitrogens with one attached hydrogen (secondary N) is 1. The highest BCUT2D eigenvalue weighted by Gasteiger charge is 2.28. The summed E-state index contributed by atoms with van der Waals surface area (Å²) in [4.78, 5) is 0. The van der Waals surface area contributed by atoms with Gasteiger partial charge in [-0.15, -0.1) is 0 Å². The lowest BCUT2D eigenvalue weighted by Gasteiger charge is -2.35. The molecule has 1 aliphatic carbocycles. The second-order valence-corrected chi connectivity index (χ2v) is 7.15. The number of rotatable bonds is 5. The minimum absolute atomic E-state index is 0.719. The molecule has 2 rings (SSSR count). The third-order valence-electron chi connectivity index (χ3n) is 4.07. The SMILES string of the molecule is CCNC1CCC(C)CC1SCc1cccc(C)c1. The summed E-state index contributed by atoms with van der Waals surface area (Å²) in [6.07, 6.45) is 4.10. The zero-order valence-corrected chi connectivity index (χ0v) is 13.3. The van der Waals surface area contributed by atoms with E-state index in [4.69, 9.17) is 0 Å². The van der Waals surface area contributed by atoms with Gasteiger partial charge in [-0.25, -0.2) is 0 Å². The highest BCUT2D eigenvalue weighted by molar-refractivity contribution is 7.99. The van der Waals surface area contributed by atoms with E-state index in [1.165, 1.54) is 30.4 Å². The van der Waals surface area contributed by atoms with E-state index in [-0.39, 0.29) is 0 Å². The van der Waals surface area contributed by atoms with Crippen molar-refractivity contribution in [3.8, 4) is 0 Å². The summed E-state index contributed by atoms with van der Waals surface area (Å²) >= 11 is 2.15. The molecule has 1 aliphatic rings. The van der Waals surface area contributed by atoms with Crippen LogP contribution in [-0.2, 0) is 5.75 Å². The molecular formula is C17H27NS. The maximum atomic E-state index is 3.68. The second-order valence-electron chi connectivity index (χ2n) is 5.92. The van der Waals surface area contributed by atoms with Gasteiger partial charge in [0.15, 0.2) is 0 Å². The number of benzene rings is 1. The molecule has 1 nitrogen and oxygen atoms in total. The molecule has 1 fully saturated rings. The number of thioether (sulfide) groups is 1. The predicted molar refractivity (Wildman–Crippen MR) is 86.7 cm³/mol. The Hall–Kier alpha value is -0.470. The average Bonchev–Trinajstić information content (AvgIpc) is 2.39. The predicted octanol–water partition coefficient (Wildman–Crippen LogP) is 4.39. The maximum Gasteiger partial charge on any atom is 0.0207 e. The minimum Gasteiger partial charge on any atom is -0.313 e. The van der Waals surface area contributed by atoms with Crippen molar-refractivity contribution in [2.24, 2.45) is 5.92 Å². The van der Waals surface area contributed by atoms with Crippen LogP contribution < -0.4 is 5.32 Å². The van der Waals surface area contributed by atoms with Crippen LogP contribution >= 0.6 is 11.8 Å². The summed E-state index contributed by atoms with van der Waals surface area (Å²) in [5.41, 5.74) is 2.84. The summed E-state index contributed by atoms with van der Waals surface area (Å²) < 4.78 is 0. The third kappa shape index (κ3) is 4.54. The first-order valence-electron chi connectivity index (χ1n) is 7.59. The van der Waals surface area contributed by atoms with Crippen molar-refractivity contribution in [1.82, 2.24) is 5.32 Å². The van der Waals surface area contributed by atoms with Gasteiger partial charge >= 0.3 is 0 Å². The zero-order chi connectivity index (χ0) is 13.7. The van der Waals surface area contributed by atoms with Gasteiger partial charge in [-0.05, 0) is 44.2 Å². The van der Waals surface area contributed by atoms with E-state index >= 15 is 0 Å². The monoisotopic (exact) mass is 277 g/mol. The molecule has 19 heavy (non-hydrogen) atoms. The molecule has 0 radical (unpaired) electrons. The molecule has 0 amide bonds. The Morgan fingerprint density at radius 1 is 1.32 bits per heavy atom. The number of aryl methyl sites for hydroxylation is 1. The van der Waals surface area contributed by atoms with Crippen LogP contribution in [0.15, 0.2) is 24.3 Å². The van der Waals surface area contributed by atoms with Gasteiger partial charge in [0.2, 0.25) is 0 Å². The molecule has 3 unspecified atom stereocenters. The maximum absolute atomic E-state index is 3.68. The van der Waals surface area contributed by atoms with Crippen LogP contribution in [0.1, 0.15) is 44.2 Å². The molecule has 0 heterocycles. The fraction of sp³-hybridized carbons (Fsp3) is 0.647. The van der Waals surface area contributed by atoms with E-state index < -0.39 is 0 Å². The van der Waals surface area contributed by atoms with Crippen LogP contribution in [0, 0.1) is 12.8 Å². The Kier molecular flexibility index (Phi) is 5.77. The van der Waals surface area contributed by atoms with E-state index in [1.807, 2.05) is 0 Å². The summed E-state index contributed by atoms with van der Waals surface area (Å²) in [6, 6.07) is 9.65. The molecule has 0 aromatic heterocycles. The van der Waals surface area contributed by atoms with Gasteiger partial charge < -0.3 is 5.32 Å². The highest BCUT2D eigenvalue weighted by Crippen LogP contribution is 2.34. The molecule has 0 spiro atoms. The van der Waals surface area contributed by atoms with Crippen LogP contribution in [0.25, 0.3) is 0 Å². The van der Waals surface area contributed by atoms with Crippen molar-refractivity contribution in [3.05, 3.63) is 35.4 Å². The van der Waals surface area contributed by atoms with E-state index in [0.717, 1.165) is 29.5 Å². The van der Waals surface area contributed by atoms with Gasteiger partial charge in [-0.3, -0.25) is 0 Å². The van der Waals surface area contributed by atoms with E-state index in [1.54, 1.807) is 0 Å². The topological polar surface area (TPSA) is 12.0 Å². The van der Waals surface area contributed by atoms with Crippen LogP contribution in [-0.4, -0.2) is 17.8 Å². The molecule has 106 valence electrons. The summed E-state index contributed by atoms with van der Waals surface area (Å²) in [7, 11) is 0. The molecule has 2 heteroatoms. The first-order valence-corrected chi connectivity index (χ1v) is 8.64. The van der Waals surface area contributed by atoms with Crippen molar-refractivity contribution < 1.29 is 0 Å². The van der Waals surface area contributed by atoms with Gasteiger partial charge in [0.25, 0.3) is 0 Å². The van der Waals surface area contributed by atoms with Gasteiger partial charge in [-0.2, -0.15) is 11.8 Å². The van der Waals surface area contributed by atoms with E-state index in [0.29, 0.717) is 0 Å². The lowest BCUT2D eigenvalue weighted by Crippen LogP contribution is -2.42. The van der Waals surface area contributed by atoms with Crippen LogP contribution in [0.3, 0.4) is 0 Å². The molecule has 0 saturated heterocycles. The molecular weight excluding hydrogens is 250 g/mol. The molecule has 1 N–H and O–H groups in total. The van der Waals surface area contributed by atoms with Crippen LogP contribution in [0.4, 0.5) is 0 Å². The first kappa shape index (κ1) is 14.9. The lowest BCUT2D eigenvalue weighted by atomic mass is 9.87. The van der Waals surface area contributed by atoms with Crippen molar-refractivity contribution in [2.45, 2.75) is 57.1 Å². The van der Waals surface area contributed by atoms with Crippen molar-refractivity contribution in [2.75, 3.05) is 6.54 Å². The molecule has 1 saturated carbocycles. The average molecular weight is 277 g/mol. The van der Waals surface area contributed by atoms with E-state index in [9.17, 15) is 0 Å². The largest absolute Gasteiger partial charge is 0.313 e. The van der Waals surface area contributed by atoms with Gasteiger partial charge in [0.1, 0.15) is 0 Å². The van der Waals surface area contributed by atoms with Gasteiger partial charge in [0.05, 0.1) is 0 Å². The number of hydrogen-bond acceptors (Lipinski definition) is 2. The summed E-state index contributed by atoms with van der Waals surface area (Å²) in [6.45, 7) is 7.90. The van der Waals surface area contributed by atoms with Crippen LogP contribution in [0.5, 0.6) is 0 Å². The Morgan fingerprint density at radius 3 is 2.89 bits per heavy atom. The summed E-state index contributed by atoms with van der Waals surface area (Å²) in [5.74, 6) is 2.05. The fourth-order valence-electron chi connectivity index (χ4n) is 3.01. The molecule has 1 aromatic carbocycles. The molecule has 0 aliphatic heterocycles. The third-order valence-corrected chi connectivity index (χ3v) is 5.52. The molecule has 0 bridgehead atoms. The van der Waals surface area contributed by atoms with Crippen molar-refractivity contribution in [3.63, 3.8) is 0 Å². The standard InChI is InChI=1S/C17H27NS/c1-4-18-16-9-8-14(3)11-17(16)19-12-15-7-5-6-13(2)10-15/h5-7,10,14,16-18H,4,8-9,11-12H2,1-3H3. The van der Waals surface area contributed by atoms with Gasteiger partial charge in [-0.1, -0.05) is 43.7 Å². The van der Waals surface area contributed by atoms with Crippen LogP contribution in [0.2, 0.25) is 0 Å². The number of hydrogen-bond donors (Lipinski definition) is 1. The lowest BCUT2D eigenvalue weighted by molar-refractivity contribution is 0.320. The van der Waals surface area contributed by atoms with E-state index in [2.05, 4.69) is 62.1 Å². The minimum atomic E-state index is 0.719. The fourth-order valence-corrected chi connectivity index (χ4v) is 4.53. The summed E-state index contributed by atoms with van der Waals surface area (Å²) in [5, 5.41) is 4.46. The van der Waals surface area contributed by atoms with Crippen molar-refractivity contribution >= 4 is 11.8 Å². The normalized spacial score (nSPS) is 27.4. The highest BCUT2D eigenvalue weighted by atomic mass is 32.2. The van der Waals surface area contributed by atoms with Crippen molar-refractivity contribution in [1.29, 1.82) is 0 Å². The Morgan fingerprint density at radius 2 is 2.16 bits per heavy atom. The molecule has 3 atom stereocenters. The first-order chi connectivity index (χ1) is 9.19. The second kappa shape index (κ2) is 7.35. The Balaban J connectivity index is 1.91.